The summed E-state index contributed by atoms with van der Waals surface area (Å²) in [6, 6.07) is 6.32. The number of nitrogens with one attached hydrogen (secondary N) is 1. The van der Waals surface area contributed by atoms with Crippen molar-refractivity contribution in [2.75, 3.05) is 6.61 Å². The molecule has 15 heavy (non-hydrogen) atoms. The lowest BCUT2D eigenvalue weighted by Gasteiger charge is -2.04. The van der Waals surface area contributed by atoms with Gasteiger partial charge in [0.2, 0.25) is 0 Å². The summed E-state index contributed by atoms with van der Waals surface area (Å²) in [4.78, 5) is 0. The second kappa shape index (κ2) is 7.23. The van der Waals surface area contributed by atoms with E-state index >= 15 is 0 Å². The summed E-state index contributed by atoms with van der Waals surface area (Å²) in [6.45, 7) is 2.38. The third kappa shape index (κ3) is 5.37. The highest BCUT2D eigenvalue weighted by Crippen LogP contribution is 2.05. The van der Waals surface area contributed by atoms with Crippen molar-refractivity contribution in [3.63, 3.8) is 0 Å². The van der Waals surface area contributed by atoms with E-state index in [-0.39, 0.29) is 24.1 Å². The van der Waals surface area contributed by atoms with Crippen molar-refractivity contribution in [3.05, 3.63) is 35.6 Å². The quantitative estimate of drug-likeness (QED) is 0.627. The number of rotatable bonds is 4. The Morgan fingerprint density at radius 2 is 1.93 bits per heavy atom. The van der Waals surface area contributed by atoms with E-state index in [0.717, 1.165) is 12.0 Å². The largest absolute Gasteiger partial charge is 0.481 e. The smallest absolute Gasteiger partial charge is 0.180 e. The van der Waals surface area contributed by atoms with Gasteiger partial charge >= 0.3 is 0 Å². The Bertz CT molecular complexity index is 300. The summed E-state index contributed by atoms with van der Waals surface area (Å²) in [5, 5.41) is 7.38. The lowest BCUT2D eigenvalue weighted by molar-refractivity contribution is 0.314. The van der Waals surface area contributed by atoms with Crippen molar-refractivity contribution in [3.8, 4) is 0 Å². The molecule has 0 unspecified atom stereocenters. The average Bonchev–Trinajstić information content (AvgIpc) is 2.17. The normalized spacial score (nSPS) is 9.20. The number of hydrogen-bond acceptors (Lipinski definition) is 2. The van der Waals surface area contributed by atoms with Gasteiger partial charge in [0.25, 0.3) is 0 Å². The number of benzene rings is 1. The molecule has 1 aromatic rings. The van der Waals surface area contributed by atoms with E-state index in [1.54, 1.807) is 12.1 Å². The van der Waals surface area contributed by atoms with Crippen LogP contribution in [0.2, 0.25) is 0 Å². The standard InChI is InChI=1S/C11H14FNO.ClH/c1-2-14-11(13)8-5-9-3-6-10(12)7-4-9;/h3-4,6-7,13H,2,5,8H2,1H3;1H. The van der Waals surface area contributed by atoms with Crippen molar-refractivity contribution in [2.45, 2.75) is 19.8 Å². The average molecular weight is 232 g/mol. The zero-order valence-electron chi connectivity index (χ0n) is 8.63. The Balaban J connectivity index is 0.00000196. The van der Waals surface area contributed by atoms with Gasteiger partial charge in [0.05, 0.1) is 6.61 Å². The molecule has 1 aromatic carbocycles. The van der Waals surface area contributed by atoms with Gasteiger partial charge in [-0.25, -0.2) is 4.39 Å². The van der Waals surface area contributed by atoms with E-state index in [4.69, 9.17) is 10.1 Å². The number of hydrogen-bond donors (Lipinski definition) is 1. The molecule has 0 aliphatic rings. The second-order valence-electron chi connectivity index (χ2n) is 2.98. The van der Waals surface area contributed by atoms with Crippen molar-refractivity contribution in [2.24, 2.45) is 0 Å². The van der Waals surface area contributed by atoms with Gasteiger partial charge < -0.3 is 4.74 Å². The first-order valence-electron chi connectivity index (χ1n) is 4.67. The van der Waals surface area contributed by atoms with E-state index in [1.807, 2.05) is 6.92 Å². The zero-order valence-corrected chi connectivity index (χ0v) is 9.44. The molecule has 0 spiro atoms. The number of ether oxygens (including phenoxy) is 1. The highest BCUT2D eigenvalue weighted by Gasteiger charge is 1.98. The fraction of sp³-hybridized carbons (Fsp3) is 0.364. The molecule has 0 atom stereocenters. The zero-order chi connectivity index (χ0) is 10.4. The van der Waals surface area contributed by atoms with Crippen LogP contribution in [0.25, 0.3) is 0 Å². The fourth-order valence-corrected chi connectivity index (χ4v) is 1.16. The lowest BCUT2D eigenvalue weighted by Crippen LogP contribution is -2.04. The predicted molar refractivity (Wildman–Crippen MR) is 61.3 cm³/mol. The molecule has 0 radical (unpaired) electrons. The van der Waals surface area contributed by atoms with E-state index < -0.39 is 0 Å². The molecule has 2 nitrogen and oxygen atoms in total. The molecule has 0 heterocycles. The highest BCUT2D eigenvalue weighted by atomic mass is 35.5. The molecular weight excluding hydrogens is 217 g/mol. The molecule has 0 aliphatic carbocycles. The van der Waals surface area contributed by atoms with Crippen LogP contribution in [0.1, 0.15) is 18.9 Å². The van der Waals surface area contributed by atoms with E-state index in [1.165, 1.54) is 12.1 Å². The maximum absolute atomic E-state index is 12.5. The van der Waals surface area contributed by atoms with Gasteiger partial charge in [0.15, 0.2) is 5.90 Å². The number of halogens is 2. The maximum Gasteiger partial charge on any atom is 0.180 e. The molecule has 0 aliphatic heterocycles. The van der Waals surface area contributed by atoms with Crippen LogP contribution in [-0.2, 0) is 11.2 Å². The summed E-state index contributed by atoms with van der Waals surface area (Å²) in [5.74, 6) is 0.0606. The summed E-state index contributed by atoms with van der Waals surface area (Å²) in [5.41, 5.74) is 1.02. The first kappa shape index (κ1) is 13.9. The minimum atomic E-state index is -0.228. The van der Waals surface area contributed by atoms with Crippen LogP contribution in [0.3, 0.4) is 0 Å². The summed E-state index contributed by atoms with van der Waals surface area (Å²) in [6.07, 6.45) is 1.29. The van der Waals surface area contributed by atoms with Gasteiger partial charge in [-0.3, -0.25) is 5.41 Å². The van der Waals surface area contributed by atoms with Crippen molar-refractivity contribution in [1.82, 2.24) is 0 Å². The highest BCUT2D eigenvalue weighted by molar-refractivity contribution is 5.85. The van der Waals surface area contributed by atoms with Crippen LogP contribution in [0.15, 0.2) is 24.3 Å². The minimum Gasteiger partial charge on any atom is -0.481 e. The van der Waals surface area contributed by atoms with E-state index in [0.29, 0.717) is 13.0 Å². The Hall–Kier alpha value is -1.09. The monoisotopic (exact) mass is 231 g/mol. The summed E-state index contributed by atoms with van der Waals surface area (Å²) in [7, 11) is 0. The molecular formula is C11H15ClFNO. The van der Waals surface area contributed by atoms with E-state index in [2.05, 4.69) is 0 Å². The van der Waals surface area contributed by atoms with Crippen molar-refractivity contribution in [1.29, 1.82) is 5.41 Å². The van der Waals surface area contributed by atoms with Gasteiger partial charge in [0.1, 0.15) is 5.82 Å². The van der Waals surface area contributed by atoms with Crippen LogP contribution in [0.4, 0.5) is 4.39 Å². The van der Waals surface area contributed by atoms with Gasteiger partial charge in [-0.2, -0.15) is 0 Å². The van der Waals surface area contributed by atoms with Crippen molar-refractivity contribution < 1.29 is 9.13 Å². The molecule has 0 bridgehead atoms. The van der Waals surface area contributed by atoms with Crippen LogP contribution < -0.4 is 0 Å². The minimum absolute atomic E-state index is 0. The molecule has 0 aromatic heterocycles. The van der Waals surface area contributed by atoms with E-state index in [9.17, 15) is 4.39 Å². The Labute approximate surface area is 95.4 Å². The Morgan fingerprint density at radius 1 is 1.33 bits per heavy atom. The molecule has 0 fully saturated rings. The van der Waals surface area contributed by atoms with Crippen LogP contribution >= 0.6 is 12.4 Å². The maximum atomic E-state index is 12.5. The SMILES string of the molecule is CCOC(=N)CCc1ccc(F)cc1.Cl. The molecule has 0 saturated heterocycles. The molecule has 84 valence electrons. The Kier molecular flexibility index (Phi) is 6.71. The van der Waals surface area contributed by atoms with Crippen LogP contribution in [0, 0.1) is 11.2 Å². The molecule has 1 N–H and O–H groups in total. The summed E-state index contributed by atoms with van der Waals surface area (Å²) >= 11 is 0. The first-order chi connectivity index (χ1) is 6.72. The first-order valence-corrected chi connectivity index (χ1v) is 4.67. The third-order valence-corrected chi connectivity index (χ3v) is 1.87. The molecule has 0 saturated carbocycles. The topological polar surface area (TPSA) is 33.1 Å². The third-order valence-electron chi connectivity index (χ3n) is 1.87. The van der Waals surface area contributed by atoms with Gasteiger partial charge in [-0.05, 0) is 31.0 Å². The van der Waals surface area contributed by atoms with Gasteiger partial charge in [-0.1, -0.05) is 12.1 Å². The second-order valence-corrected chi connectivity index (χ2v) is 2.98. The van der Waals surface area contributed by atoms with Crippen molar-refractivity contribution >= 4 is 18.3 Å². The van der Waals surface area contributed by atoms with Gasteiger partial charge in [0, 0.05) is 6.42 Å². The van der Waals surface area contributed by atoms with Crippen LogP contribution in [-0.4, -0.2) is 12.5 Å². The summed E-state index contributed by atoms with van der Waals surface area (Å²) < 4.78 is 17.5. The molecule has 4 heteroatoms. The lowest BCUT2D eigenvalue weighted by atomic mass is 10.1. The fourth-order valence-electron chi connectivity index (χ4n) is 1.16. The van der Waals surface area contributed by atoms with Crippen LogP contribution in [0.5, 0.6) is 0 Å². The molecule has 1 rings (SSSR count). The molecule has 0 amide bonds. The Morgan fingerprint density at radius 3 is 2.47 bits per heavy atom. The predicted octanol–water partition coefficient (Wildman–Crippen LogP) is 3.19. The number of aryl methyl sites for hydroxylation is 1. The van der Waals surface area contributed by atoms with Gasteiger partial charge in [-0.15, -0.1) is 12.4 Å².